The summed E-state index contributed by atoms with van der Waals surface area (Å²) in [6.45, 7) is 16.9. The van der Waals surface area contributed by atoms with Crippen molar-refractivity contribution in [3.05, 3.63) is 338 Å². The summed E-state index contributed by atoms with van der Waals surface area (Å²) in [7, 11) is 0. The number of hydrogen-bond donors (Lipinski definition) is 0. The summed E-state index contributed by atoms with van der Waals surface area (Å²) in [5.41, 5.74) is -0.308. The van der Waals surface area contributed by atoms with Gasteiger partial charge in [-0.3, -0.25) is 29.0 Å². The van der Waals surface area contributed by atoms with Crippen LogP contribution in [-0.4, -0.2) is 69.4 Å². The van der Waals surface area contributed by atoms with Gasteiger partial charge in [-0.15, -0.1) is 0 Å². The third-order valence-electron chi connectivity index (χ3n) is 20.6. The lowest BCUT2D eigenvalue weighted by atomic mass is 9.80. The number of amides is 4. The molecule has 2 unspecified atom stereocenters. The van der Waals surface area contributed by atoms with Crippen molar-refractivity contribution in [2.45, 2.75) is 53.6 Å². The number of nitrogens with zero attached hydrogens (tertiary/aromatic N) is 2. The molecule has 0 N–H and O–H groups in total. The molecule has 0 fully saturated rings. The first kappa shape index (κ1) is 80.1. The van der Waals surface area contributed by atoms with E-state index in [0.717, 1.165) is 9.80 Å². The fraction of sp³-hybridized carbons (Fsp3) is 0.0980. The maximum absolute atomic E-state index is 16.6. The lowest BCUT2D eigenvalue weighted by molar-refractivity contribution is -0.141. The smallest absolute Gasteiger partial charge is 0.338 e. The van der Waals surface area contributed by atoms with Crippen LogP contribution in [0.25, 0.3) is 43.1 Å². The monoisotopic (exact) mass is 1650 g/mol. The van der Waals surface area contributed by atoms with Crippen molar-refractivity contribution in [2.75, 3.05) is 0 Å². The quantitative estimate of drug-likeness (QED) is 0.0110. The van der Waals surface area contributed by atoms with E-state index in [1.165, 1.54) is 86.6 Å². The highest BCUT2D eigenvalue weighted by Crippen LogP contribution is 2.59. The van der Waals surface area contributed by atoms with E-state index in [4.69, 9.17) is 56.8 Å². The Labute approximate surface area is 710 Å². The van der Waals surface area contributed by atoms with Crippen molar-refractivity contribution < 1.29 is 95.2 Å². The molecule has 0 bridgehead atoms. The van der Waals surface area contributed by atoms with Gasteiger partial charge in [0.05, 0.1) is 22.3 Å². The zero-order chi connectivity index (χ0) is 86.1. The molecule has 2 atom stereocenters. The summed E-state index contributed by atoms with van der Waals surface area (Å²) in [4.78, 5) is 124. The lowest BCUT2D eigenvalue weighted by Crippen LogP contribution is -2.54. The molecule has 0 aliphatic carbocycles. The van der Waals surface area contributed by atoms with E-state index in [0.29, 0.717) is 46.0 Å². The van der Waals surface area contributed by atoms with E-state index in [1.807, 2.05) is 72.8 Å². The second-order valence-electron chi connectivity index (χ2n) is 30.1. The van der Waals surface area contributed by atoms with Crippen LogP contribution in [0.1, 0.15) is 83.0 Å². The zero-order valence-corrected chi connectivity index (χ0v) is 67.5. The number of fused-ring (bicyclic) bond motifs is 2. The molecule has 22 heteroatoms. The Morgan fingerprint density at radius 3 is 0.629 bits per heavy atom. The molecule has 0 radical (unpaired) electrons. The van der Waals surface area contributed by atoms with Gasteiger partial charge in [-0.2, -0.15) is 0 Å². The first-order valence-electron chi connectivity index (χ1n) is 39.6. The molecular weight excluding hydrogens is 1570 g/mol. The maximum Gasteiger partial charge on any atom is 0.338 e. The molecule has 612 valence electrons. The number of rotatable bonds is 28. The highest BCUT2D eigenvalue weighted by molar-refractivity contribution is 6.45. The zero-order valence-electron chi connectivity index (χ0n) is 67.5. The third-order valence-corrected chi connectivity index (χ3v) is 20.6. The average Bonchev–Trinajstić information content (AvgIpc) is 0.669. The van der Waals surface area contributed by atoms with Crippen molar-refractivity contribution in [1.82, 2.24) is 9.80 Å². The highest BCUT2D eigenvalue weighted by atomic mass is 16.6. The van der Waals surface area contributed by atoms with Crippen molar-refractivity contribution in [3.63, 3.8) is 0 Å². The Hall–Kier alpha value is -16.4. The molecule has 2 aliphatic heterocycles. The van der Waals surface area contributed by atoms with Crippen LogP contribution in [0.2, 0.25) is 0 Å². The largest absolute Gasteiger partial charge is 0.457 e. The summed E-state index contributed by atoms with van der Waals surface area (Å²) in [6.07, 6.45) is 0. The van der Waals surface area contributed by atoms with Gasteiger partial charge in [-0.1, -0.05) is 114 Å². The van der Waals surface area contributed by atoms with Gasteiger partial charge in [0.1, 0.15) is 127 Å². The number of benzene rings is 15. The van der Waals surface area contributed by atoms with E-state index < -0.39 is 71.4 Å². The Balaban J connectivity index is 0.944. The van der Waals surface area contributed by atoms with Crippen LogP contribution in [0.15, 0.2) is 315 Å². The SMILES string of the molecule is C=C(C)C(=O)Oc1ccc(OC(=O)C(C(C)C)N2C(=O)c3cc(Oc4ccc(Oc5ccccc5)cc4)c4c5c(Oc6ccc(Oc7ccccc7)cc6)cc6c7c(cc(Oc8ccc(Oc9ccccc9)cc8)c(c8c(Oc9ccc(Oc%10ccccc%10)cc9)cc(c3c48)C2=O)c75)C(=O)N(C(C(=O)Oc2ccc(OC(=O)C(=C)C)cc2)C(C)C)C6=O)cc1. The first-order valence-corrected chi connectivity index (χ1v) is 39.6. The molecule has 0 saturated heterocycles. The summed E-state index contributed by atoms with van der Waals surface area (Å²) >= 11 is 0. The minimum Gasteiger partial charge on any atom is -0.457 e. The standard InChI is InChI=1S/C102H74N2O20/c1-57(2)93(101(111)123-75-49-45-73(46-50-75)121-99(109)59(5)6)103-95(105)77-53-81(117-69-37-29-65(30-38-69)113-61-21-13-9-14-22-61)87-89-83(119-71-41-33-67(34-42-71)115-63-25-17-11-18-26-63)55-79-86-80(98(108)104(97(79)107)94(58(3)4)102(112)124-76-51-47-74(48-52-76)122-100(110)60(7)8)56-84(120-72-43-35-68(36-44-72)116-64-27-19-12-20-28-64)90(92(86)89)88-82(54-78(96(103)106)85(77)91(87)88)118-70-39-31-66(32-40-70)114-62-23-15-10-16-24-62/h9-58,93-94H,5,7H2,1-4,6,8H3. The number of imide groups is 2. The molecule has 2 aliphatic rings. The van der Waals surface area contributed by atoms with E-state index in [2.05, 4.69) is 13.2 Å². The van der Waals surface area contributed by atoms with Gasteiger partial charge in [-0.25, -0.2) is 19.2 Å². The molecule has 4 amide bonds. The van der Waals surface area contributed by atoms with Gasteiger partial charge in [-0.05, 0) is 244 Å². The molecule has 22 nitrogen and oxygen atoms in total. The molecule has 2 heterocycles. The summed E-state index contributed by atoms with van der Waals surface area (Å²) in [5.74, 6) is -4.41. The Kier molecular flexibility index (Phi) is 21.8. The van der Waals surface area contributed by atoms with Gasteiger partial charge >= 0.3 is 23.9 Å². The lowest BCUT2D eigenvalue weighted by Gasteiger charge is -2.36. The number of carbonyl (C=O) groups is 8. The summed E-state index contributed by atoms with van der Waals surface area (Å²) in [6, 6.07) is 77.0. The molecule has 15 aromatic carbocycles. The minimum absolute atomic E-state index is 0.0150. The van der Waals surface area contributed by atoms with Crippen LogP contribution in [0.4, 0.5) is 0 Å². The normalized spacial score (nSPS) is 12.7. The minimum atomic E-state index is -1.65. The first-order chi connectivity index (χ1) is 60.0. The highest BCUT2D eigenvalue weighted by Gasteiger charge is 2.48. The fourth-order valence-electron chi connectivity index (χ4n) is 14.9. The molecule has 0 spiro atoms. The third kappa shape index (κ3) is 16.1. The average molecular weight is 1650 g/mol. The van der Waals surface area contributed by atoms with Crippen LogP contribution < -0.4 is 56.8 Å². The van der Waals surface area contributed by atoms with E-state index in [9.17, 15) is 9.59 Å². The van der Waals surface area contributed by atoms with Crippen molar-refractivity contribution in [2.24, 2.45) is 11.8 Å². The van der Waals surface area contributed by atoms with Gasteiger partial charge in [0.25, 0.3) is 23.6 Å². The summed E-state index contributed by atoms with van der Waals surface area (Å²) in [5, 5.41) is 0.795. The molecule has 15 aromatic rings. The van der Waals surface area contributed by atoms with Gasteiger partial charge in [0.2, 0.25) is 0 Å². The van der Waals surface area contributed by atoms with Crippen molar-refractivity contribution in [1.29, 1.82) is 0 Å². The number of ether oxygens (including phenoxy) is 12. The molecule has 17 rings (SSSR count). The second kappa shape index (κ2) is 33.8. The van der Waals surface area contributed by atoms with Crippen molar-refractivity contribution >= 4 is 90.6 Å². The summed E-state index contributed by atoms with van der Waals surface area (Å²) < 4.78 is 77.4. The predicted molar refractivity (Wildman–Crippen MR) is 463 cm³/mol. The van der Waals surface area contributed by atoms with E-state index in [-0.39, 0.29) is 145 Å². The Bertz CT molecular complexity index is 6030. The van der Waals surface area contributed by atoms with Gasteiger partial charge in [0, 0.05) is 54.2 Å². The molecule has 0 aromatic heterocycles. The Morgan fingerprint density at radius 1 is 0.242 bits per heavy atom. The van der Waals surface area contributed by atoms with E-state index >= 15 is 28.8 Å². The van der Waals surface area contributed by atoms with Crippen LogP contribution >= 0.6 is 0 Å². The topological polar surface area (TPSA) is 254 Å². The Morgan fingerprint density at radius 2 is 0.427 bits per heavy atom. The van der Waals surface area contributed by atoms with Gasteiger partial charge < -0.3 is 56.8 Å². The van der Waals surface area contributed by atoms with Gasteiger partial charge in [0.15, 0.2) is 0 Å². The van der Waals surface area contributed by atoms with Crippen molar-refractivity contribution in [3.8, 4) is 115 Å². The fourth-order valence-corrected chi connectivity index (χ4v) is 14.9. The van der Waals surface area contributed by atoms with E-state index in [1.54, 1.807) is 173 Å². The maximum atomic E-state index is 16.6. The number of hydrogen-bond acceptors (Lipinski definition) is 20. The van der Waals surface area contributed by atoms with Crippen LogP contribution in [0.5, 0.6) is 115 Å². The second-order valence-corrected chi connectivity index (χ2v) is 30.1. The molecule has 0 saturated carbocycles. The predicted octanol–water partition coefficient (Wildman–Crippen LogP) is 23.5. The molecule has 124 heavy (non-hydrogen) atoms. The molecular formula is C102H74N2O20. The van der Waals surface area contributed by atoms with Crippen LogP contribution in [0, 0.1) is 11.8 Å². The van der Waals surface area contributed by atoms with Crippen LogP contribution in [0.3, 0.4) is 0 Å². The number of esters is 4. The number of carbonyl (C=O) groups excluding carboxylic acids is 8. The number of para-hydroxylation sites is 4. The van der Waals surface area contributed by atoms with Crippen LogP contribution in [-0.2, 0) is 19.2 Å².